The van der Waals surface area contributed by atoms with Gasteiger partial charge >= 0.3 is 0 Å². The quantitative estimate of drug-likeness (QED) is 0.567. The van der Waals surface area contributed by atoms with Crippen molar-refractivity contribution in [2.24, 2.45) is 5.92 Å². The van der Waals surface area contributed by atoms with Gasteiger partial charge in [-0.15, -0.1) is 37.2 Å². The van der Waals surface area contributed by atoms with Gasteiger partial charge in [-0.2, -0.15) is 0 Å². The van der Waals surface area contributed by atoms with E-state index in [1.807, 2.05) is 18.2 Å². The normalized spacial score (nSPS) is 18.9. The standard InChI is InChI=1S/C20H29N5O2.3ClH/c26-20(4-1-15-5-7-21-14-15)22-16-2-3-17-18(13-16)24-19(23-17)6-8-25-9-11-27-12-10-25;;;/h2-3,13,15,21H,1,4-12,14H2,(H,22,26)(H,23,24);3*1H. The average molecular weight is 481 g/mol. The predicted octanol–water partition coefficient (Wildman–Crippen LogP) is 3.03. The monoisotopic (exact) mass is 479 g/mol. The van der Waals surface area contributed by atoms with Crippen LogP contribution in [0, 0.1) is 5.92 Å². The molecular formula is C20H32Cl3N5O2. The molecule has 30 heavy (non-hydrogen) atoms. The van der Waals surface area contributed by atoms with Gasteiger partial charge in [0.05, 0.1) is 24.2 Å². The molecule has 2 saturated heterocycles. The van der Waals surface area contributed by atoms with Gasteiger partial charge in [0.1, 0.15) is 5.82 Å². The number of hydrogen-bond acceptors (Lipinski definition) is 5. The number of nitrogens with one attached hydrogen (secondary N) is 3. The van der Waals surface area contributed by atoms with Crippen LogP contribution in [0.3, 0.4) is 0 Å². The molecule has 2 aromatic rings. The second kappa shape index (κ2) is 13.3. The van der Waals surface area contributed by atoms with E-state index in [4.69, 9.17) is 4.74 Å². The summed E-state index contributed by atoms with van der Waals surface area (Å²) in [5.41, 5.74) is 2.76. The number of fused-ring (bicyclic) bond motifs is 1. The molecule has 4 rings (SSSR count). The van der Waals surface area contributed by atoms with Gasteiger partial charge in [-0.05, 0) is 50.0 Å². The van der Waals surface area contributed by atoms with E-state index < -0.39 is 0 Å². The third-order valence-corrected chi connectivity index (χ3v) is 5.53. The number of anilines is 1. The van der Waals surface area contributed by atoms with Crippen molar-refractivity contribution in [3.63, 3.8) is 0 Å². The van der Waals surface area contributed by atoms with Crippen LogP contribution in [0.2, 0.25) is 0 Å². The first kappa shape index (κ1) is 26.9. The number of carbonyl (C=O) groups excluding carboxylic acids is 1. The van der Waals surface area contributed by atoms with Crippen molar-refractivity contribution >= 4 is 59.8 Å². The maximum Gasteiger partial charge on any atom is 0.224 e. The minimum absolute atomic E-state index is 0. The summed E-state index contributed by atoms with van der Waals surface area (Å²) in [5.74, 6) is 1.72. The number of aromatic amines is 1. The molecule has 0 radical (unpaired) electrons. The zero-order valence-electron chi connectivity index (χ0n) is 17.0. The van der Waals surface area contributed by atoms with Crippen LogP contribution in [-0.4, -0.2) is 66.7 Å². The van der Waals surface area contributed by atoms with Crippen LogP contribution in [-0.2, 0) is 16.0 Å². The third kappa shape index (κ3) is 7.55. The Bertz CT molecular complexity index is 777. The highest BCUT2D eigenvalue weighted by molar-refractivity contribution is 5.93. The van der Waals surface area contributed by atoms with Gasteiger partial charge in [0.25, 0.3) is 0 Å². The Morgan fingerprint density at radius 1 is 1.23 bits per heavy atom. The molecule has 2 aliphatic rings. The van der Waals surface area contributed by atoms with Crippen molar-refractivity contribution in [2.45, 2.75) is 25.7 Å². The molecule has 0 bridgehead atoms. The van der Waals surface area contributed by atoms with Crippen molar-refractivity contribution in [3.05, 3.63) is 24.0 Å². The molecule has 0 aliphatic carbocycles. The molecule has 2 aliphatic heterocycles. The number of halogens is 3. The first-order chi connectivity index (χ1) is 13.3. The van der Waals surface area contributed by atoms with E-state index >= 15 is 0 Å². The minimum Gasteiger partial charge on any atom is -0.379 e. The van der Waals surface area contributed by atoms with Crippen LogP contribution in [0.4, 0.5) is 5.69 Å². The molecule has 3 heterocycles. The summed E-state index contributed by atoms with van der Waals surface area (Å²) in [6, 6.07) is 5.89. The van der Waals surface area contributed by atoms with Crippen LogP contribution in [0.5, 0.6) is 0 Å². The van der Waals surface area contributed by atoms with Gasteiger partial charge in [0.2, 0.25) is 5.91 Å². The van der Waals surface area contributed by atoms with Crippen LogP contribution in [0.15, 0.2) is 18.2 Å². The summed E-state index contributed by atoms with van der Waals surface area (Å²) in [6.07, 6.45) is 3.61. The van der Waals surface area contributed by atoms with Gasteiger partial charge in [-0.1, -0.05) is 0 Å². The number of aromatic nitrogens is 2. The first-order valence-electron chi connectivity index (χ1n) is 10.1. The third-order valence-electron chi connectivity index (χ3n) is 5.53. The van der Waals surface area contributed by atoms with Gasteiger partial charge < -0.3 is 20.4 Å². The van der Waals surface area contributed by atoms with Gasteiger partial charge in [0, 0.05) is 38.2 Å². The minimum atomic E-state index is 0. The lowest BCUT2D eigenvalue weighted by Crippen LogP contribution is -2.37. The van der Waals surface area contributed by atoms with E-state index in [1.165, 1.54) is 6.42 Å². The fourth-order valence-electron chi connectivity index (χ4n) is 3.87. The lowest BCUT2D eigenvalue weighted by molar-refractivity contribution is -0.116. The molecule has 3 N–H and O–H groups in total. The molecule has 2 fully saturated rings. The number of nitrogens with zero attached hydrogens (tertiary/aromatic N) is 2. The van der Waals surface area contributed by atoms with E-state index in [1.54, 1.807) is 0 Å². The van der Waals surface area contributed by atoms with Crippen LogP contribution in [0.1, 0.15) is 25.1 Å². The smallest absolute Gasteiger partial charge is 0.224 e. The fourth-order valence-corrected chi connectivity index (χ4v) is 3.87. The summed E-state index contributed by atoms with van der Waals surface area (Å²) in [6.45, 7) is 6.74. The maximum absolute atomic E-state index is 12.2. The molecule has 0 saturated carbocycles. The van der Waals surface area contributed by atoms with Crippen LogP contribution >= 0.6 is 37.2 Å². The molecular weight excluding hydrogens is 449 g/mol. The van der Waals surface area contributed by atoms with Crippen molar-refractivity contribution in [3.8, 4) is 0 Å². The van der Waals surface area contributed by atoms with Crippen molar-refractivity contribution in [1.82, 2.24) is 20.2 Å². The Balaban J connectivity index is 0.00000150. The van der Waals surface area contributed by atoms with Crippen molar-refractivity contribution < 1.29 is 9.53 Å². The van der Waals surface area contributed by atoms with Gasteiger partial charge in [-0.3, -0.25) is 9.69 Å². The van der Waals surface area contributed by atoms with Crippen LogP contribution in [0.25, 0.3) is 11.0 Å². The Kier molecular flexibility index (Phi) is 12.0. The highest BCUT2D eigenvalue weighted by atomic mass is 35.5. The van der Waals surface area contributed by atoms with Crippen molar-refractivity contribution in [2.75, 3.05) is 51.3 Å². The number of hydrogen-bond donors (Lipinski definition) is 3. The highest BCUT2D eigenvalue weighted by Gasteiger charge is 2.16. The number of benzene rings is 1. The second-order valence-electron chi connectivity index (χ2n) is 7.57. The van der Waals surface area contributed by atoms with Gasteiger partial charge in [-0.25, -0.2) is 4.98 Å². The Labute approximate surface area is 196 Å². The van der Waals surface area contributed by atoms with E-state index in [9.17, 15) is 4.79 Å². The number of ether oxygens (including phenoxy) is 1. The SMILES string of the molecule is Cl.Cl.Cl.O=C(CCC1CCNC1)Nc1ccc2nc(CCN3CCOCC3)[nH]c2c1. The summed E-state index contributed by atoms with van der Waals surface area (Å²) < 4.78 is 5.39. The number of amides is 1. The summed E-state index contributed by atoms with van der Waals surface area (Å²) in [4.78, 5) is 22.7. The molecule has 1 atom stereocenters. The Morgan fingerprint density at radius 2 is 2.03 bits per heavy atom. The zero-order chi connectivity index (χ0) is 18.5. The maximum atomic E-state index is 12.2. The number of H-pyrrole nitrogens is 1. The predicted molar refractivity (Wildman–Crippen MR) is 128 cm³/mol. The van der Waals surface area contributed by atoms with E-state index in [0.717, 1.165) is 81.3 Å². The average Bonchev–Trinajstić information content (AvgIpc) is 3.34. The zero-order valence-corrected chi connectivity index (χ0v) is 19.5. The van der Waals surface area contributed by atoms with Crippen LogP contribution < -0.4 is 10.6 Å². The number of rotatable bonds is 7. The molecule has 1 amide bonds. The molecule has 1 aromatic carbocycles. The van der Waals surface area contributed by atoms with E-state index in [-0.39, 0.29) is 43.1 Å². The molecule has 0 spiro atoms. The van der Waals surface area contributed by atoms with Gasteiger partial charge in [0.15, 0.2) is 0 Å². The highest BCUT2D eigenvalue weighted by Crippen LogP contribution is 2.19. The van der Waals surface area contributed by atoms with E-state index in [2.05, 4.69) is 25.5 Å². The summed E-state index contributed by atoms with van der Waals surface area (Å²) in [5, 5.41) is 6.37. The Morgan fingerprint density at radius 3 is 2.77 bits per heavy atom. The number of carbonyl (C=O) groups is 1. The topological polar surface area (TPSA) is 82.3 Å². The number of imidazole rings is 1. The molecule has 170 valence electrons. The van der Waals surface area contributed by atoms with E-state index in [0.29, 0.717) is 12.3 Å². The first-order valence-corrected chi connectivity index (χ1v) is 10.1. The lowest BCUT2D eigenvalue weighted by Gasteiger charge is -2.25. The summed E-state index contributed by atoms with van der Waals surface area (Å²) in [7, 11) is 0. The molecule has 7 nitrogen and oxygen atoms in total. The lowest BCUT2D eigenvalue weighted by atomic mass is 10.0. The molecule has 1 unspecified atom stereocenters. The van der Waals surface area contributed by atoms with Crippen molar-refractivity contribution in [1.29, 1.82) is 0 Å². The molecule has 1 aromatic heterocycles. The fraction of sp³-hybridized carbons (Fsp3) is 0.600. The Hall–Kier alpha value is -1.09. The summed E-state index contributed by atoms with van der Waals surface area (Å²) >= 11 is 0. The number of morpholine rings is 1. The second-order valence-corrected chi connectivity index (χ2v) is 7.57. The largest absolute Gasteiger partial charge is 0.379 e. The molecule has 10 heteroatoms.